The van der Waals surface area contributed by atoms with Gasteiger partial charge in [0.05, 0.1) is 7.11 Å². The van der Waals surface area contributed by atoms with Gasteiger partial charge in [-0.25, -0.2) is 4.79 Å². The Hall–Kier alpha value is -2.92. The molecule has 0 bridgehead atoms. The zero-order valence-electron chi connectivity index (χ0n) is 18.8. The maximum absolute atomic E-state index is 12.6. The number of amides is 1. The summed E-state index contributed by atoms with van der Waals surface area (Å²) in [5, 5.41) is 3.51. The molecule has 1 amide bonds. The van der Waals surface area contributed by atoms with Crippen molar-refractivity contribution in [2.24, 2.45) is 0 Å². The van der Waals surface area contributed by atoms with Crippen LogP contribution in [0.4, 0.5) is 5.00 Å². The van der Waals surface area contributed by atoms with Crippen LogP contribution < -0.4 is 5.32 Å². The van der Waals surface area contributed by atoms with Gasteiger partial charge >= 0.3 is 5.97 Å². The molecule has 0 aliphatic rings. The molecule has 5 heteroatoms. The number of benzene rings is 2. The van der Waals surface area contributed by atoms with Crippen molar-refractivity contribution >= 4 is 28.2 Å². The zero-order chi connectivity index (χ0) is 22.5. The van der Waals surface area contributed by atoms with E-state index in [1.807, 2.05) is 19.1 Å². The van der Waals surface area contributed by atoms with Crippen molar-refractivity contribution in [3.05, 3.63) is 75.2 Å². The minimum atomic E-state index is -0.437. The fourth-order valence-electron chi connectivity index (χ4n) is 3.57. The molecular weight excluding hydrogens is 406 g/mol. The van der Waals surface area contributed by atoms with Gasteiger partial charge in [0.25, 0.3) is 0 Å². The summed E-state index contributed by atoms with van der Waals surface area (Å²) in [4.78, 5) is 26.2. The molecule has 3 aromatic rings. The summed E-state index contributed by atoms with van der Waals surface area (Å²) in [5.41, 5.74) is 7.01. The summed E-state index contributed by atoms with van der Waals surface area (Å²) in [7, 11) is 1.37. The number of anilines is 1. The predicted molar refractivity (Wildman–Crippen MR) is 128 cm³/mol. The highest BCUT2D eigenvalue weighted by Crippen LogP contribution is 2.41. The van der Waals surface area contributed by atoms with Gasteiger partial charge in [-0.05, 0) is 62.8 Å². The Kier molecular flexibility index (Phi) is 7.29. The second-order valence-electron chi connectivity index (χ2n) is 7.92. The first-order valence-corrected chi connectivity index (χ1v) is 11.3. The summed E-state index contributed by atoms with van der Waals surface area (Å²) in [5.74, 6) is -0.530. The Balaban J connectivity index is 1.78. The minimum Gasteiger partial charge on any atom is -0.465 e. The molecule has 0 spiro atoms. The summed E-state index contributed by atoms with van der Waals surface area (Å²) in [6.45, 7) is 8.14. The van der Waals surface area contributed by atoms with Crippen LogP contribution in [0.25, 0.3) is 11.1 Å². The van der Waals surface area contributed by atoms with E-state index < -0.39 is 5.97 Å². The SMILES string of the molecule is COC(=O)c1c(NC(=O)CCCc2ccc(C)cc2)sc(C)c1-c1ccc(C)c(C)c1. The standard InChI is InChI=1S/C26H29NO3S/c1-16-9-12-20(13-10-16)7-6-8-22(28)27-25-24(26(29)30-5)23(19(4)31-25)21-14-11-17(2)18(3)15-21/h9-15H,6-8H2,1-5H3,(H,27,28). The maximum Gasteiger partial charge on any atom is 0.341 e. The Morgan fingerprint density at radius 1 is 0.968 bits per heavy atom. The van der Waals surface area contributed by atoms with Gasteiger partial charge < -0.3 is 10.1 Å². The second-order valence-corrected chi connectivity index (χ2v) is 9.14. The first-order chi connectivity index (χ1) is 14.8. The smallest absolute Gasteiger partial charge is 0.341 e. The van der Waals surface area contributed by atoms with Crippen LogP contribution in [0.5, 0.6) is 0 Å². The summed E-state index contributed by atoms with van der Waals surface area (Å²) >= 11 is 1.42. The van der Waals surface area contributed by atoms with Crippen LogP contribution in [0.15, 0.2) is 42.5 Å². The number of hydrogen-bond acceptors (Lipinski definition) is 4. The number of rotatable bonds is 7. The van der Waals surface area contributed by atoms with Gasteiger partial charge in [0, 0.05) is 16.9 Å². The fraction of sp³-hybridized carbons (Fsp3) is 0.308. The number of methoxy groups -OCH3 is 1. The lowest BCUT2D eigenvalue weighted by molar-refractivity contribution is -0.116. The van der Waals surface area contributed by atoms with Crippen molar-refractivity contribution in [3.8, 4) is 11.1 Å². The molecule has 0 fully saturated rings. The van der Waals surface area contributed by atoms with Crippen molar-refractivity contribution in [1.29, 1.82) is 0 Å². The molecule has 3 rings (SSSR count). The molecular formula is C26H29NO3S. The van der Waals surface area contributed by atoms with Gasteiger partial charge in [-0.3, -0.25) is 4.79 Å². The van der Waals surface area contributed by atoms with Crippen LogP contribution in [0.1, 0.15) is 50.3 Å². The van der Waals surface area contributed by atoms with Gasteiger partial charge in [0.15, 0.2) is 0 Å². The van der Waals surface area contributed by atoms with Gasteiger partial charge in [0.1, 0.15) is 10.6 Å². The molecule has 162 valence electrons. The van der Waals surface area contributed by atoms with Crippen molar-refractivity contribution in [2.75, 3.05) is 12.4 Å². The number of carbonyl (C=O) groups excluding carboxylic acids is 2. The number of thiophene rings is 1. The van der Waals surface area contributed by atoms with Crippen LogP contribution in [-0.2, 0) is 16.0 Å². The lowest BCUT2D eigenvalue weighted by Crippen LogP contribution is -2.14. The number of hydrogen-bond donors (Lipinski definition) is 1. The van der Waals surface area contributed by atoms with E-state index in [4.69, 9.17) is 4.74 Å². The highest BCUT2D eigenvalue weighted by Gasteiger charge is 2.25. The molecule has 1 N–H and O–H groups in total. The highest BCUT2D eigenvalue weighted by molar-refractivity contribution is 7.17. The summed E-state index contributed by atoms with van der Waals surface area (Å²) in [6.07, 6.45) is 1.98. The number of aryl methyl sites for hydroxylation is 5. The number of ether oxygens (including phenoxy) is 1. The average Bonchev–Trinajstić information content (AvgIpc) is 3.06. The topological polar surface area (TPSA) is 55.4 Å². The molecule has 0 saturated carbocycles. The van der Waals surface area contributed by atoms with Gasteiger partial charge in [-0.1, -0.05) is 48.0 Å². The van der Waals surface area contributed by atoms with Crippen molar-refractivity contribution in [1.82, 2.24) is 0 Å². The molecule has 0 radical (unpaired) electrons. The number of carbonyl (C=O) groups is 2. The van der Waals surface area contributed by atoms with Crippen molar-refractivity contribution < 1.29 is 14.3 Å². The van der Waals surface area contributed by atoms with E-state index >= 15 is 0 Å². The Labute approximate surface area is 188 Å². The lowest BCUT2D eigenvalue weighted by Gasteiger charge is -2.10. The molecule has 0 aliphatic heterocycles. The molecule has 2 aromatic carbocycles. The van der Waals surface area contributed by atoms with Gasteiger partial charge in [-0.2, -0.15) is 0 Å². The van der Waals surface area contributed by atoms with Gasteiger partial charge in [0.2, 0.25) is 5.91 Å². The van der Waals surface area contributed by atoms with Crippen LogP contribution >= 0.6 is 11.3 Å². The van der Waals surface area contributed by atoms with E-state index in [9.17, 15) is 9.59 Å². The Bertz CT molecular complexity index is 1100. The third-order valence-electron chi connectivity index (χ3n) is 5.51. The van der Waals surface area contributed by atoms with E-state index in [0.717, 1.165) is 34.4 Å². The molecule has 0 unspecified atom stereocenters. The highest BCUT2D eigenvalue weighted by atomic mass is 32.1. The minimum absolute atomic E-state index is 0.0925. The largest absolute Gasteiger partial charge is 0.465 e. The Morgan fingerprint density at radius 2 is 1.68 bits per heavy atom. The van der Waals surface area contributed by atoms with E-state index in [1.54, 1.807) is 0 Å². The molecule has 31 heavy (non-hydrogen) atoms. The van der Waals surface area contributed by atoms with Crippen LogP contribution in [0.3, 0.4) is 0 Å². The number of nitrogens with one attached hydrogen (secondary N) is 1. The van der Waals surface area contributed by atoms with Gasteiger partial charge in [-0.15, -0.1) is 11.3 Å². The van der Waals surface area contributed by atoms with Crippen molar-refractivity contribution in [2.45, 2.75) is 47.0 Å². The maximum atomic E-state index is 12.6. The second kappa shape index (κ2) is 9.92. The molecule has 0 aliphatic carbocycles. The normalized spacial score (nSPS) is 10.7. The third kappa shape index (κ3) is 5.42. The van der Waals surface area contributed by atoms with Crippen LogP contribution in [0.2, 0.25) is 0 Å². The molecule has 1 aromatic heterocycles. The van der Waals surface area contributed by atoms with Crippen molar-refractivity contribution in [3.63, 3.8) is 0 Å². The quantitative estimate of drug-likeness (QED) is 0.437. The molecule has 4 nitrogen and oxygen atoms in total. The lowest BCUT2D eigenvalue weighted by atomic mass is 9.97. The Morgan fingerprint density at radius 3 is 2.32 bits per heavy atom. The van der Waals surface area contributed by atoms with E-state index in [-0.39, 0.29) is 5.91 Å². The third-order valence-corrected chi connectivity index (χ3v) is 6.53. The number of esters is 1. The average molecular weight is 436 g/mol. The zero-order valence-corrected chi connectivity index (χ0v) is 19.6. The molecule has 1 heterocycles. The van der Waals surface area contributed by atoms with Crippen LogP contribution in [0, 0.1) is 27.7 Å². The van der Waals surface area contributed by atoms with E-state index in [0.29, 0.717) is 17.0 Å². The summed E-state index contributed by atoms with van der Waals surface area (Å²) < 4.78 is 5.05. The first-order valence-electron chi connectivity index (χ1n) is 10.4. The molecule has 0 saturated heterocycles. The van der Waals surface area contributed by atoms with E-state index in [2.05, 4.69) is 56.4 Å². The molecule has 0 atom stereocenters. The predicted octanol–water partition coefficient (Wildman–Crippen LogP) is 6.40. The first kappa shape index (κ1) is 22.8. The van der Waals surface area contributed by atoms with E-state index in [1.165, 1.54) is 35.1 Å². The fourth-order valence-corrected chi connectivity index (χ4v) is 4.65. The summed E-state index contributed by atoms with van der Waals surface area (Å²) in [6, 6.07) is 14.5. The monoisotopic (exact) mass is 435 g/mol. The van der Waals surface area contributed by atoms with Crippen LogP contribution in [-0.4, -0.2) is 19.0 Å².